The zero-order valence-corrected chi connectivity index (χ0v) is 18.7. The summed E-state index contributed by atoms with van der Waals surface area (Å²) in [5.74, 6) is 0.833. The number of hydrogen-bond acceptors (Lipinski definition) is 5. The molecule has 0 aliphatic rings. The van der Waals surface area contributed by atoms with Gasteiger partial charge >= 0.3 is 0 Å². The normalized spacial score (nSPS) is 12.1. The van der Waals surface area contributed by atoms with Gasteiger partial charge in [0.1, 0.15) is 17.2 Å². The molecule has 1 unspecified atom stereocenters. The highest BCUT2D eigenvalue weighted by molar-refractivity contribution is 7.99. The fourth-order valence-corrected chi connectivity index (χ4v) is 4.25. The summed E-state index contributed by atoms with van der Waals surface area (Å²) in [5, 5.41) is 9.88. The van der Waals surface area contributed by atoms with Crippen molar-refractivity contribution in [3.63, 3.8) is 0 Å². The molecule has 1 amide bonds. The molecule has 8 heteroatoms. The number of hydrogen-bond donors (Lipinski definition) is 0. The van der Waals surface area contributed by atoms with E-state index in [0.29, 0.717) is 23.1 Å². The summed E-state index contributed by atoms with van der Waals surface area (Å²) in [7, 11) is 1.75. The van der Waals surface area contributed by atoms with Crippen molar-refractivity contribution in [3.8, 4) is 11.4 Å². The summed E-state index contributed by atoms with van der Waals surface area (Å²) < 4.78 is 21.9. The number of carbonyl (C=O) groups excluding carboxylic acids is 1. The molecule has 32 heavy (non-hydrogen) atoms. The summed E-state index contributed by atoms with van der Waals surface area (Å²) >= 11 is 1.26. The van der Waals surface area contributed by atoms with E-state index < -0.39 is 0 Å². The second-order valence-corrected chi connectivity index (χ2v) is 8.28. The number of rotatable bonds is 8. The first-order chi connectivity index (χ1) is 15.5. The largest absolute Gasteiger partial charge is 0.459 e. The lowest BCUT2D eigenvalue weighted by Crippen LogP contribution is -2.31. The lowest BCUT2D eigenvalue weighted by molar-refractivity contribution is -0.129. The Bertz CT molecular complexity index is 1230. The zero-order valence-electron chi connectivity index (χ0n) is 17.9. The molecule has 0 saturated carbocycles. The van der Waals surface area contributed by atoms with E-state index in [2.05, 4.69) is 16.8 Å². The molecule has 6 nitrogen and oxygen atoms in total. The van der Waals surface area contributed by atoms with Crippen LogP contribution < -0.4 is 0 Å². The summed E-state index contributed by atoms with van der Waals surface area (Å²) in [4.78, 5) is 14.5. The molecule has 0 radical (unpaired) electrons. The third-order valence-corrected chi connectivity index (χ3v) is 6.25. The molecular formula is C24H23FN4O2S. The number of thioether (sulfide) groups is 1. The van der Waals surface area contributed by atoms with Gasteiger partial charge in [0.15, 0.2) is 11.0 Å². The van der Waals surface area contributed by atoms with Gasteiger partial charge in [-0.1, -0.05) is 48.2 Å². The molecule has 164 valence electrons. The standard InChI is InChI=1S/C24H23FN4O2S/c1-4-13-29-23(18-10-6-7-11-19(18)25)26-27-24(29)32-15-22(30)28(3)16(2)21-14-17-9-5-8-12-20(17)31-21/h4-12,14,16H,1,13,15H2,2-3H3. The summed E-state index contributed by atoms with van der Waals surface area (Å²) in [6.45, 7) is 6.10. The Kier molecular flexibility index (Phi) is 6.41. The molecule has 2 heterocycles. The predicted molar refractivity (Wildman–Crippen MR) is 124 cm³/mol. The molecule has 2 aromatic heterocycles. The molecule has 4 aromatic rings. The first-order valence-electron chi connectivity index (χ1n) is 10.2. The number of para-hydroxylation sites is 1. The van der Waals surface area contributed by atoms with Gasteiger partial charge in [-0.05, 0) is 31.2 Å². The molecule has 0 saturated heterocycles. The Morgan fingerprint density at radius 1 is 1.25 bits per heavy atom. The average Bonchev–Trinajstić information content (AvgIpc) is 3.41. The third kappa shape index (κ3) is 4.31. The van der Waals surface area contributed by atoms with E-state index in [-0.39, 0.29) is 23.5 Å². The summed E-state index contributed by atoms with van der Waals surface area (Å²) in [6.07, 6.45) is 1.69. The number of fused-ring (bicyclic) bond motifs is 1. The average molecular weight is 451 g/mol. The van der Waals surface area contributed by atoms with Gasteiger partial charge in [-0.25, -0.2) is 4.39 Å². The molecule has 0 N–H and O–H groups in total. The fraction of sp³-hybridized carbons (Fsp3) is 0.208. The first-order valence-corrected chi connectivity index (χ1v) is 11.1. The maximum absolute atomic E-state index is 14.3. The predicted octanol–water partition coefficient (Wildman–Crippen LogP) is 5.33. The van der Waals surface area contributed by atoms with Crippen LogP contribution in [0.25, 0.3) is 22.4 Å². The van der Waals surface area contributed by atoms with Crippen LogP contribution in [0.5, 0.6) is 0 Å². The Labute approximate surface area is 189 Å². The maximum atomic E-state index is 14.3. The number of furan rings is 1. The van der Waals surface area contributed by atoms with E-state index in [9.17, 15) is 9.18 Å². The van der Waals surface area contributed by atoms with Crippen LogP contribution in [0, 0.1) is 5.82 Å². The van der Waals surface area contributed by atoms with Crippen LogP contribution in [0.15, 0.2) is 76.8 Å². The summed E-state index contributed by atoms with van der Waals surface area (Å²) in [6, 6.07) is 15.9. The molecule has 2 aromatic carbocycles. The number of nitrogens with zero attached hydrogens (tertiary/aromatic N) is 4. The van der Waals surface area contributed by atoms with Crippen LogP contribution in [-0.4, -0.2) is 38.4 Å². The molecule has 0 fully saturated rings. The highest BCUT2D eigenvalue weighted by atomic mass is 32.2. The number of benzene rings is 2. The smallest absolute Gasteiger partial charge is 0.233 e. The van der Waals surface area contributed by atoms with Crippen LogP contribution in [-0.2, 0) is 11.3 Å². The van der Waals surface area contributed by atoms with Crippen molar-refractivity contribution in [2.24, 2.45) is 0 Å². The van der Waals surface area contributed by atoms with E-state index in [0.717, 1.165) is 16.7 Å². The van der Waals surface area contributed by atoms with E-state index in [4.69, 9.17) is 4.42 Å². The monoisotopic (exact) mass is 450 g/mol. The van der Waals surface area contributed by atoms with Crippen molar-refractivity contribution >= 4 is 28.6 Å². The van der Waals surface area contributed by atoms with E-state index in [1.54, 1.807) is 40.8 Å². The van der Waals surface area contributed by atoms with Crippen molar-refractivity contribution in [1.82, 2.24) is 19.7 Å². The van der Waals surface area contributed by atoms with Crippen LogP contribution >= 0.6 is 11.8 Å². The number of aromatic nitrogens is 3. The molecule has 0 spiro atoms. The Morgan fingerprint density at radius 2 is 2.00 bits per heavy atom. The van der Waals surface area contributed by atoms with Gasteiger partial charge < -0.3 is 9.32 Å². The highest BCUT2D eigenvalue weighted by Gasteiger charge is 2.22. The molecule has 1 atom stereocenters. The molecule has 4 rings (SSSR count). The second kappa shape index (κ2) is 9.40. The number of carbonyl (C=O) groups is 1. The van der Waals surface area contributed by atoms with Crippen molar-refractivity contribution in [3.05, 3.63) is 78.8 Å². The molecule has 0 aliphatic heterocycles. The Balaban J connectivity index is 1.48. The van der Waals surface area contributed by atoms with E-state index >= 15 is 0 Å². The highest BCUT2D eigenvalue weighted by Crippen LogP contribution is 2.29. The van der Waals surface area contributed by atoms with Crippen LogP contribution in [0.2, 0.25) is 0 Å². The van der Waals surface area contributed by atoms with Crippen LogP contribution in [0.4, 0.5) is 4.39 Å². The number of halogens is 1. The minimum absolute atomic E-state index is 0.0800. The first kappa shape index (κ1) is 21.8. The van der Waals surface area contributed by atoms with Crippen molar-refractivity contribution < 1.29 is 13.6 Å². The van der Waals surface area contributed by atoms with Crippen molar-refractivity contribution in [1.29, 1.82) is 0 Å². The fourth-order valence-electron chi connectivity index (χ4n) is 3.37. The SMILES string of the molecule is C=CCn1c(SCC(=O)N(C)C(C)c2cc3ccccc3o2)nnc1-c1ccccc1F. The van der Waals surface area contributed by atoms with E-state index in [1.807, 2.05) is 37.3 Å². The molecular weight excluding hydrogens is 427 g/mol. The lowest BCUT2D eigenvalue weighted by Gasteiger charge is -2.23. The maximum Gasteiger partial charge on any atom is 0.233 e. The van der Waals surface area contributed by atoms with Gasteiger partial charge in [0.05, 0.1) is 17.4 Å². The number of allylic oxidation sites excluding steroid dienone is 1. The van der Waals surface area contributed by atoms with E-state index in [1.165, 1.54) is 17.8 Å². The van der Waals surface area contributed by atoms with Gasteiger partial charge in [-0.2, -0.15) is 0 Å². The van der Waals surface area contributed by atoms with Crippen LogP contribution in [0.3, 0.4) is 0 Å². The minimum Gasteiger partial charge on any atom is -0.459 e. The van der Waals surface area contributed by atoms with Crippen molar-refractivity contribution in [2.75, 3.05) is 12.8 Å². The second-order valence-electron chi connectivity index (χ2n) is 7.34. The van der Waals surface area contributed by atoms with Crippen molar-refractivity contribution in [2.45, 2.75) is 24.7 Å². The van der Waals surface area contributed by atoms with Gasteiger partial charge in [0.25, 0.3) is 0 Å². The summed E-state index contributed by atoms with van der Waals surface area (Å²) in [5.41, 5.74) is 1.15. The minimum atomic E-state index is -0.378. The Morgan fingerprint density at radius 3 is 2.75 bits per heavy atom. The zero-order chi connectivity index (χ0) is 22.7. The van der Waals surface area contributed by atoms with Gasteiger partial charge in [0.2, 0.25) is 5.91 Å². The van der Waals surface area contributed by atoms with Gasteiger partial charge in [-0.15, -0.1) is 16.8 Å². The quantitative estimate of drug-likeness (QED) is 0.268. The van der Waals surface area contributed by atoms with Gasteiger partial charge in [-0.3, -0.25) is 9.36 Å². The number of amides is 1. The lowest BCUT2D eigenvalue weighted by atomic mass is 10.2. The van der Waals surface area contributed by atoms with Gasteiger partial charge in [0, 0.05) is 19.0 Å². The van der Waals surface area contributed by atoms with Crippen LogP contribution in [0.1, 0.15) is 18.7 Å². The third-order valence-electron chi connectivity index (χ3n) is 5.30. The molecule has 0 aliphatic carbocycles. The Hall–Kier alpha value is -3.39. The molecule has 0 bridgehead atoms. The topological polar surface area (TPSA) is 64.2 Å².